The summed E-state index contributed by atoms with van der Waals surface area (Å²) in [5, 5.41) is 13.5. The summed E-state index contributed by atoms with van der Waals surface area (Å²) < 4.78 is 4.67. The van der Waals surface area contributed by atoms with Crippen molar-refractivity contribution in [2.45, 2.75) is 6.04 Å². The summed E-state index contributed by atoms with van der Waals surface area (Å²) >= 11 is 0. The van der Waals surface area contributed by atoms with Crippen molar-refractivity contribution >= 4 is 22.7 Å². The Balaban J connectivity index is 1.91. The largest absolute Gasteiger partial charge is 0.467 e. The van der Waals surface area contributed by atoms with Crippen LogP contribution in [-0.2, 0) is 9.53 Å². The lowest BCUT2D eigenvalue weighted by Crippen LogP contribution is -2.21. The first-order valence-electron chi connectivity index (χ1n) is 6.17. The Morgan fingerprint density at radius 3 is 2.95 bits per heavy atom. The first kappa shape index (κ1) is 12.4. The fourth-order valence-electron chi connectivity index (χ4n) is 2.16. The van der Waals surface area contributed by atoms with E-state index in [0.29, 0.717) is 12.2 Å². The van der Waals surface area contributed by atoms with Crippen LogP contribution in [0.5, 0.6) is 0 Å². The molecule has 1 aliphatic rings. The minimum atomic E-state index is -0.390. The van der Waals surface area contributed by atoms with Crippen molar-refractivity contribution in [1.82, 2.24) is 9.88 Å². The Labute approximate surface area is 115 Å². The molecule has 0 spiro atoms. The number of pyridine rings is 1. The summed E-state index contributed by atoms with van der Waals surface area (Å²) in [4.78, 5) is 17.5. The van der Waals surface area contributed by atoms with Gasteiger partial charge in [-0.05, 0) is 12.1 Å². The Hall–Kier alpha value is -2.63. The van der Waals surface area contributed by atoms with Crippen molar-refractivity contribution in [2.24, 2.45) is 5.16 Å². The molecule has 0 saturated carbocycles. The molecule has 1 unspecified atom stereocenters. The number of fused-ring (bicyclic) bond motifs is 1. The molecule has 0 bridgehead atoms. The highest BCUT2D eigenvalue weighted by atomic mass is 16.5. The molecular formula is C14H13N3O3. The molecule has 1 aromatic carbocycles. The number of amidine groups is 1. The maximum atomic E-state index is 11.4. The number of oxime groups is 1. The number of ether oxygens (including phenoxy) is 1. The van der Waals surface area contributed by atoms with Crippen molar-refractivity contribution in [3.05, 3.63) is 42.1 Å². The SMILES string of the molecule is COC(=O)C1CN1/C(=N/O)c1ccc2ccccc2n1. The predicted molar refractivity (Wildman–Crippen MR) is 72.6 cm³/mol. The number of aromatic nitrogens is 1. The standard InChI is InChI=1S/C14H13N3O3/c1-20-14(18)12-8-17(12)13(16-19)11-7-6-9-4-2-3-5-10(9)15-11/h2-7,12,19H,8H2,1H3/b16-13+. The van der Waals surface area contributed by atoms with Crippen LogP contribution in [0.3, 0.4) is 0 Å². The van der Waals surface area contributed by atoms with E-state index in [2.05, 4.69) is 14.9 Å². The van der Waals surface area contributed by atoms with Crippen molar-refractivity contribution in [3.63, 3.8) is 0 Å². The zero-order valence-corrected chi connectivity index (χ0v) is 10.9. The zero-order valence-electron chi connectivity index (χ0n) is 10.9. The van der Waals surface area contributed by atoms with Gasteiger partial charge in [-0.3, -0.25) is 0 Å². The molecule has 6 heteroatoms. The second-order valence-corrected chi connectivity index (χ2v) is 4.50. The van der Waals surface area contributed by atoms with E-state index in [-0.39, 0.29) is 17.8 Å². The van der Waals surface area contributed by atoms with Crippen LogP contribution >= 0.6 is 0 Å². The van der Waals surface area contributed by atoms with Crippen LogP contribution in [0.2, 0.25) is 0 Å². The number of carbonyl (C=O) groups is 1. The lowest BCUT2D eigenvalue weighted by molar-refractivity contribution is -0.140. The average Bonchev–Trinajstić information content (AvgIpc) is 3.27. The lowest BCUT2D eigenvalue weighted by Gasteiger charge is -2.07. The maximum Gasteiger partial charge on any atom is 0.330 e. The molecule has 3 rings (SSSR count). The van der Waals surface area contributed by atoms with Gasteiger partial charge >= 0.3 is 5.97 Å². The van der Waals surface area contributed by atoms with Gasteiger partial charge in [0.1, 0.15) is 11.7 Å². The first-order valence-corrected chi connectivity index (χ1v) is 6.17. The topological polar surface area (TPSA) is 74.8 Å². The number of para-hydroxylation sites is 1. The predicted octanol–water partition coefficient (Wildman–Crippen LogP) is 1.23. The summed E-state index contributed by atoms with van der Waals surface area (Å²) in [5.41, 5.74) is 1.33. The lowest BCUT2D eigenvalue weighted by atomic mass is 10.2. The molecule has 1 N–H and O–H groups in total. The molecule has 1 atom stereocenters. The Kier molecular flexibility index (Phi) is 2.98. The van der Waals surface area contributed by atoms with Gasteiger partial charge < -0.3 is 14.8 Å². The van der Waals surface area contributed by atoms with Crippen LogP contribution in [0.1, 0.15) is 5.69 Å². The highest BCUT2D eigenvalue weighted by Crippen LogP contribution is 2.23. The van der Waals surface area contributed by atoms with E-state index in [1.165, 1.54) is 7.11 Å². The molecule has 0 amide bonds. The third kappa shape index (κ3) is 2.05. The molecule has 1 fully saturated rings. The fraction of sp³-hybridized carbons (Fsp3) is 0.214. The number of esters is 1. The minimum Gasteiger partial charge on any atom is -0.467 e. The van der Waals surface area contributed by atoms with Gasteiger partial charge in [0.25, 0.3) is 0 Å². The van der Waals surface area contributed by atoms with E-state index >= 15 is 0 Å². The number of hydrogen-bond acceptors (Lipinski definition) is 5. The molecule has 2 heterocycles. The maximum absolute atomic E-state index is 11.4. The van der Waals surface area contributed by atoms with Gasteiger partial charge in [-0.25, -0.2) is 9.78 Å². The van der Waals surface area contributed by atoms with Gasteiger partial charge in [-0.15, -0.1) is 0 Å². The Morgan fingerprint density at radius 1 is 1.40 bits per heavy atom. The summed E-state index contributed by atoms with van der Waals surface area (Å²) in [7, 11) is 1.34. The number of hydrogen-bond donors (Lipinski definition) is 1. The monoisotopic (exact) mass is 271 g/mol. The van der Waals surface area contributed by atoms with Crippen molar-refractivity contribution in [1.29, 1.82) is 0 Å². The van der Waals surface area contributed by atoms with Gasteiger partial charge in [0, 0.05) is 5.39 Å². The van der Waals surface area contributed by atoms with Gasteiger partial charge in [0.15, 0.2) is 5.84 Å². The quantitative estimate of drug-likeness (QED) is 0.222. The minimum absolute atomic E-state index is 0.283. The van der Waals surface area contributed by atoms with E-state index in [1.807, 2.05) is 30.3 Å². The van der Waals surface area contributed by atoms with Crippen molar-refractivity contribution in [3.8, 4) is 0 Å². The Bertz CT molecular complexity index is 699. The number of carbonyl (C=O) groups excluding carboxylic acids is 1. The molecule has 0 radical (unpaired) electrons. The molecule has 1 aliphatic heterocycles. The average molecular weight is 271 g/mol. The van der Waals surface area contributed by atoms with Crippen LogP contribution in [-0.4, -0.2) is 46.6 Å². The van der Waals surface area contributed by atoms with E-state index in [0.717, 1.165) is 10.9 Å². The number of methoxy groups -OCH3 is 1. The van der Waals surface area contributed by atoms with Crippen LogP contribution in [0.15, 0.2) is 41.6 Å². The molecule has 0 aliphatic carbocycles. The number of benzene rings is 1. The summed E-state index contributed by atoms with van der Waals surface area (Å²) in [6, 6.07) is 10.9. The third-order valence-corrected chi connectivity index (χ3v) is 3.28. The van der Waals surface area contributed by atoms with Crippen LogP contribution in [0.4, 0.5) is 0 Å². The van der Waals surface area contributed by atoms with Gasteiger partial charge in [-0.1, -0.05) is 29.4 Å². The second kappa shape index (κ2) is 4.80. The summed E-state index contributed by atoms with van der Waals surface area (Å²) in [5.74, 6) is -0.0573. The van der Waals surface area contributed by atoms with Crippen LogP contribution in [0.25, 0.3) is 10.9 Å². The molecule has 1 aromatic heterocycles. The molecule has 1 saturated heterocycles. The van der Waals surface area contributed by atoms with Crippen LogP contribution < -0.4 is 0 Å². The second-order valence-electron chi connectivity index (χ2n) is 4.50. The Morgan fingerprint density at radius 2 is 2.20 bits per heavy atom. The number of nitrogens with zero attached hydrogens (tertiary/aromatic N) is 3. The molecule has 2 aromatic rings. The normalized spacial score (nSPS) is 18.1. The van der Waals surface area contributed by atoms with Gasteiger partial charge in [0.2, 0.25) is 0 Å². The summed E-state index contributed by atoms with van der Waals surface area (Å²) in [6.45, 7) is 0.473. The molecule has 6 nitrogen and oxygen atoms in total. The number of rotatable bonds is 2. The highest BCUT2D eigenvalue weighted by Gasteiger charge is 2.44. The highest BCUT2D eigenvalue weighted by molar-refractivity contribution is 6.03. The van der Waals surface area contributed by atoms with E-state index < -0.39 is 0 Å². The van der Waals surface area contributed by atoms with Crippen LogP contribution in [0, 0.1) is 0 Å². The molecule has 20 heavy (non-hydrogen) atoms. The van der Waals surface area contributed by atoms with E-state index in [1.54, 1.807) is 11.0 Å². The van der Waals surface area contributed by atoms with Gasteiger partial charge in [-0.2, -0.15) is 0 Å². The third-order valence-electron chi connectivity index (χ3n) is 3.28. The fourth-order valence-corrected chi connectivity index (χ4v) is 2.16. The van der Waals surface area contributed by atoms with Crippen molar-refractivity contribution < 1.29 is 14.7 Å². The smallest absolute Gasteiger partial charge is 0.330 e. The summed E-state index contributed by atoms with van der Waals surface area (Å²) in [6.07, 6.45) is 0. The zero-order chi connectivity index (χ0) is 14.1. The van der Waals surface area contributed by atoms with E-state index in [4.69, 9.17) is 0 Å². The molecular weight excluding hydrogens is 258 g/mol. The van der Waals surface area contributed by atoms with Crippen molar-refractivity contribution in [2.75, 3.05) is 13.7 Å². The first-order chi connectivity index (χ1) is 9.74. The molecule has 102 valence electrons. The van der Waals surface area contributed by atoms with Gasteiger partial charge in [0.05, 0.1) is 19.2 Å². The van der Waals surface area contributed by atoms with E-state index in [9.17, 15) is 10.0 Å².